The summed E-state index contributed by atoms with van der Waals surface area (Å²) >= 11 is 0. The van der Waals surface area contributed by atoms with Gasteiger partial charge >= 0.3 is 5.97 Å². The summed E-state index contributed by atoms with van der Waals surface area (Å²) in [5.41, 5.74) is 1.67. The first-order chi connectivity index (χ1) is 7.81. The molecule has 0 N–H and O–H groups in total. The molecule has 0 bridgehead atoms. The maximum atomic E-state index is 11.4. The van der Waals surface area contributed by atoms with E-state index in [1.54, 1.807) is 19.3 Å². The van der Waals surface area contributed by atoms with Gasteiger partial charge in [-0.2, -0.15) is 0 Å². The second kappa shape index (κ2) is 4.74. The largest absolute Gasteiger partial charge is 0.463 e. The molecule has 84 valence electrons. The molecule has 0 fully saturated rings. The molecule has 16 heavy (non-hydrogen) atoms. The molecular weight excluding hydrogens is 208 g/mol. The first-order valence-electron chi connectivity index (χ1n) is 5.11. The smallest absolute Gasteiger partial charge is 0.350 e. The molecule has 2 rings (SSSR count). The normalized spacial score (nSPS) is 18.8. The lowest BCUT2D eigenvalue weighted by Crippen LogP contribution is -2.23. The molecule has 1 aliphatic heterocycles. The monoisotopic (exact) mass is 220 g/mol. The van der Waals surface area contributed by atoms with E-state index in [0.29, 0.717) is 13.0 Å². The van der Waals surface area contributed by atoms with Crippen LogP contribution in [0.25, 0.3) is 0 Å². The Labute approximate surface area is 93.1 Å². The SMILES string of the molecule is CCOC(=O)C1CC(c2ccncc2)=NO1. The third-order valence-electron chi connectivity index (χ3n) is 2.23. The lowest BCUT2D eigenvalue weighted by molar-refractivity contribution is -0.154. The number of pyridine rings is 1. The molecule has 5 heteroatoms. The second-order valence-electron chi connectivity index (χ2n) is 3.32. The molecule has 0 amide bonds. The van der Waals surface area contributed by atoms with E-state index in [1.807, 2.05) is 12.1 Å². The van der Waals surface area contributed by atoms with E-state index in [2.05, 4.69) is 10.1 Å². The highest BCUT2D eigenvalue weighted by molar-refractivity contribution is 6.03. The zero-order valence-electron chi connectivity index (χ0n) is 8.92. The number of hydrogen-bond acceptors (Lipinski definition) is 5. The van der Waals surface area contributed by atoms with Gasteiger partial charge in [-0.05, 0) is 19.1 Å². The zero-order valence-corrected chi connectivity index (χ0v) is 8.92. The number of ether oxygens (including phenoxy) is 1. The zero-order chi connectivity index (χ0) is 11.4. The average molecular weight is 220 g/mol. The third kappa shape index (κ3) is 2.18. The number of rotatable bonds is 3. The summed E-state index contributed by atoms with van der Waals surface area (Å²) in [7, 11) is 0. The fraction of sp³-hybridized carbons (Fsp3) is 0.364. The Kier molecular flexibility index (Phi) is 3.14. The van der Waals surface area contributed by atoms with Crippen molar-refractivity contribution in [3.8, 4) is 0 Å². The van der Waals surface area contributed by atoms with E-state index < -0.39 is 6.10 Å². The molecule has 0 spiro atoms. The van der Waals surface area contributed by atoms with Crippen molar-refractivity contribution < 1.29 is 14.4 Å². The van der Waals surface area contributed by atoms with Gasteiger partial charge in [0.25, 0.3) is 0 Å². The van der Waals surface area contributed by atoms with E-state index in [1.165, 1.54) is 0 Å². The van der Waals surface area contributed by atoms with Crippen molar-refractivity contribution in [2.24, 2.45) is 5.16 Å². The van der Waals surface area contributed by atoms with Crippen LogP contribution in [0.5, 0.6) is 0 Å². The Morgan fingerprint density at radius 1 is 1.56 bits per heavy atom. The molecule has 0 aromatic carbocycles. The maximum absolute atomic E-state index is 11.4. The van der Waals surface area contributed by atoms with Gasteiger partial charge in [-0.1, -0.05) is 5.16 Å². The predicted octanol–water partition coefficient (Wildman–Crippen LogP) is 1.14. The van der Waals surface area contributed by atoms with Gasteiger partial charge in [0.1, 0.15) is 0 Å². The van der Waals surface area contributed by atoms with Crippen molar-refractivity contribution in [1.29, 1.82) is 0 Å². The molecule has 0 radical (unpaired) electrons. The van der Waals surface area contributed by atoms with Crippen LogP contribution < -0.4 is 0 Å². The van der Waals surface area contributed by atoms with Crippen LogP contribution in [-0.2, 0) is 14.4 Å². The van der Waals surface area contributed by atoms with Crippen LogP contribution in [0, 0.1) is 0 Å². The Hall–Kier alpha value is -1.91. The first-order valence-corrected chi connectivity index (χ1v) is 5.11. The summed E-state index contributed by atoms with van der Waals surface area (Å²) in [6.07, 6.45) is 3.19. The van der Waals surface area contributed by atoms with Gasteiger partial charge < -0.3 is 9.57 Å². The van der Waals surface area contributed by atoms with Crippen LogP contribution in [0.4, 0.5) is 0 Å². The Morgan fingerprint density at radius 2 is 2.31 bits per heavy atom. The van der Waals surface area contributed by atoms with Crippen LogP contribution in [0.3, 0.4) is 0 Å². The van der Waals surface area contributed by atoms with Crippen LogP contribution in [0.15, 0.2) is 29.7 Å². The molecule has 2 heterocycles. The van der Waals surface area contributed by atoms with Crippen LogP contribution in [0.1, 0.15) is 18.9 Å². The summed E-state index contributed by atoms with van der Waals surface area (Å²) in [6.45, 7) is 2.11. The molecule has 1 atom stereocenters. The van der Waals surface area contributed by atoms with E-state index in [0.717, 1.165) is 11.3 Å². The number of aromatic nitrogens is 1. The fourth-order valence-electron chi connectivity index (χ4n) is 1.45. The van der Waals surface area contributed by atoms with Crippen molar-refractivity contribution in [2.45, 2.75) is 19.4 Å². The minimum Gasteiger partial charge on any atom is -0.463 e. The van der Waals surface area contributed by atoms with Crippen molar-refractivity contribution in [3.63, 3.8) is 0 Å². The van der Waals surface area contributed by atoms with Crippen molar-refractivity contribution in [1.82, 2.24) is 4.98 Å². The molecule has 0 aliphatic carbocycles. The highest BCUT2D eigenvalue weighted by Gasteiger charge is 2.29. The Bertz CT molecular complexity index is 403. The van der Waals surface area contributed by atoms with Gasteiger partial charge in [-0.25, -0.2) is 4.79 Å². The van der Waals surface area contributed by atoms with Gasteiger partial charge in [0.2, 0.25) is 6.10 Å². The van der Waals surface area contributed by atoms with Gasteiger partial charge in [0.05, 0.1) is 12.3 Å². The highest BCUT2D eigenvalue weighted by Crippen LogP contribution is 2.17. The quantitative estimate of drug-likeness (QED) is 0.716. The first kappa shape index (κ1) is 10.6. The summed E-state index contributed by atoms with van der Waals surface area (Å²) in [6, 6.07) is 3.66. The van der Waals surface area contributed by atoms with Crippen LogP contribution >= 0.6 is 0 Å². The topological polar surface area (TPSA) is 60.8 Å². The second-order valence-corrected chi connectivity index (χ2v) is 3.32. The Morgan fingerprint density at radius 3 is 3.00 bits per heavy atom. The average Bonchev–Trinajstić information content (AvgIpc) is 2.80. The number of carbonyl (C=O) groups is 1. The Balaban J connectivity index is 2.00. The number of nitrogens with zero attached hydrogens (tertiary/aromatic N) is 2. The van der Waals surface area contributed by atoms with Crippen molar-refractivity contribution in [3.05, 3.63) is 30.1 Å². The van der Waals surface area contributed by atoms with Gasteiger partial charge in [-0.3, -0.25) is 4.98 Å². The number of hydrogen-bond donors (Lipinski definition) is 0. The minimum absolute atomic E-state index is 0.350. The molecule has 1 aliphatic rings. The molecule has 0 saturated carbocycles. The molecule has 5 nitrogen and oxygen atoms in total. The molecule has 1 aromatic rings. The predicted molar refractivity (Wildman–Crippen MR) is 56.9 cm³/mol. The van der Waals surface area contributed by atoms with E-state index in [9.17, 15) is 4.79 Å². The van der Waals surface area contributed by atoms with E-state index in [-0.39, 0.29) is 5.97 Å². The van der Waals surface area contributed by atoms with Crippen molar-refractivity contribution >= 4 is 11.7 Å². The van der Waals surface area contributed by atoms with Gasteiger partial charge in [0.15, 0.2) is 0 Å². The van der Waals surface area contributed by atoms with Crippen molar-refractivity contribution in [2.75, 3.05) is 6.61 Å². The molecular formula is C11H12N2O3. The van der Waals surface area contributed by atoms with Crippen LogP contribution in [0.2, 0.25) is 0 Å². The molecule has 1 unspecified atom stereocenters. The summed E-state index contributed by atoms with van der Waals surface area (Å²) in [5.74, 6) is -0.365. The summed E-state index contributed by atoms with van der Waals surface area (Å²) in [4.78, 5) is 20.3. The third-order valence-corrected chi connectivity index (χ3v) is 2.23. The molecule has 1 aromatic heterocycles. The van der Waals surface area contributed by atoms with Crippen LogP contribution in [-0.4, -0.2) is 29.4 Å². The lowest BCUT2D eigenvalue weighted by Gasteiger charge is -2.06. The van der Waals surface area contributed by atoms with E-state index in [4.69, 9.17) is 9.57 Å². The fourth-order valence-corrected chi connectivity index (χ4v) is 1.45. The van der Waals surface area contributed by atoms with Gasteiger partial charge in [-0.15, -0.1) is 0 Å². The standard InChI is InChI=1S/C11H12N2O3/c1-2-15-11(14)10-7-9(13-16-10)8-3-5-12-6-4-8/h3-6,10H,2,7H2,1H3. The lowest BCUT2D eigenvalue weighted by atomic mass is 10.1. The summed E-state index contributed by atoms with van der Waals surface area (Å²) in [5, 5.41) is 3.88. The molecule has 0 saturated heterocycles. The minimum atomic E-state index is -0.608. The highest BCUT2D eigenvalue weighted by atomic mass is 16.7. The number of esters is 1. The summed E-state index contributed by atoms with van der Waals surface area (Å²) < 4.78 is 4.86. The maximum Gasteiger partial charge on any atom is 0.350 e. The van der Waals surface area contributed by atoms with E-state index >= 15 is 0 Å². The van der Waals surface area contributed by atoms with Gasteiger partial charge in [0, 0.05) is 24.4 Å². The number of carbonyl (C=O) groups excluding carboxylic acids is 1. The number of oxime groups is 1.